The van der Waals surface area contributed by atoms with Crippen LogP contribution in [0, 0.1) is 6.92 Å². The minimum Gasteiger partial charge on any atom is -0.491 e. The van der Waals surface area contributed by atoms with Crippen molar-refractivity contribution in [2.75, 3.05) is 39.6 Å². The third kappa shape index (κ3) is 7.35. The Morgan fingerprint density at radius 2 is 1.74 bits per heavy atom. The Morgan fingerprint density at radius 3 is 2.44 bits per heavy atom. The summed E-state index contributed by atoms with van der Waals surface area (Å²) >= 11 is 6.58. The number of thioether (sulfide) groups is 1. The third-order valence-corrected chi connectivity index (χ3v) is 6.13. The topological polar surface area (TPSA) is 57.2 Å². The number of rotatable bonds is 13. The third-order valence-electron chi connectivity index (χ3n) is 4.75. The van der Waals surface area contributed by atoms with Crippen LogP contribution in [0.2, 0.25) is 0 Å². The predicted octanol–water partition coefficient (Wildman–Crippen LogP) is 5.26. The normalized spacial score (nSPS) is 14.5. The molecule has 2 aromatic carbocycles. The summed E-state index contributed by atoms with van der Waals surface area (Å²) in [6, 6.07) is 13.5. The molecule has 0 aromatic heterocycles. The second-order valence-electron chi connectivity index (χ2n) is 7.34. The lowest BCUT2D eigenvalue weighted by atomic mass is 10.2. The second-order valence-corrected chi connectivity index (χ2v) is 9.02. The Kier molecular flexibility index (Phi) is 10.00. The lowest BCUT2D eigenvalue weighted by molar-refractivity contribution is -0.121. The second kappa shape index (κ2) is 13.2. The Labute approximate surface area is 210 Å². The highest BCUT2D eigenvalue weighted by Gasteiger charge is 2.31. The number of hydrogen-bond donors (Lipinski definition) is 0. The van der Waals surface area contributed by atoms with E-state index in [-0.39, 0.29) is 5.91 Å². The van der Waals surface area contributed by atoms with E-state index in [9.17, 15) is 4.79 Å². The molecule has 0 unspecified atom stereocenters. The molecular formula is C26H29NO5S2. The van der Waals surface area contributed by atoms with Crippen molar-refractivity contribution in [1.82, 2.24) is 4.90 Å². The van der Waals surface area contributed by atoms with Gasteiger partial charge in [0.1, 0.15) is 23.3 Å². The molecule has 3 rings (SSSR count). The number of amides is 1. The van der Waals surface area contributed by atoms with E-state index < -0.39 is 0 Å². The van der Waals surface area contributed by atoms with Crippen LogP contribution in [-0.2, 0) is 9.53 Å². The van der Waals surface area contributed by atoms with Crippen molar-refractivity contribution in [3.05, 3.63) is 71.2 Å². The number of nitrogens with zero attached hydrogens (tertiary/aromatic N) is 1. The Bertz CT molecular complexity index is 1040. The molecule has 1 amide bonds. The van der Waals surface area contributed by atoms with Gasteiger partial charge in [-0.25, -0.2) is 0 Å². The van der Waals surface area contributed by atoms with Gasteiger partial charge in [0.05, 0.1) is 24.7 Å². The van der Waals surface area contributed by atoms with Gasteiger partial charge in [0.25, 0.3) is 5.91 Å². The first-order valence-corrected chi connectivity index (χ1v) is 12.3. The zero-order valence-electron chi connectivity index (χ0n) is 19.5. The SMILES string of the molecule is C=CCN1C(=O)C(=Cc2ccc(OCCOCCOc3ccc(C)cc3)c(OCC)c2)SC1=S. The summed E-state index contributed by atoms with van der Waals surface area (Å²) in [4.78, 5) is 14.7. The maximum atomic E-state index is 12.6. The molecule has 0 spiro atoms. The molecule has 0 atom stereocenters. The number of hydrogen-bond acceptors (Lipinski definition) is 7. The van der Waals surface area contributed by atoms with Crippen molar-refractivity contribution in [2.24, 2.45) is 0 Å². The van der Waals surface area contributed by atoms with Gasteiger partial charge in [-0.2, -0.15) is 0 Å². The van der Waals surface area contributed by atoms with E-state index in [0.717, 1.165) is 11.3 Å². The quantitative estimate of drug-likeness (QED) is 0.161. The molecule has 1 saturated heterocycles. The van der Waals surface area contributed by atoms with Crippen molar-refractivity contribution in [3.8, 4) is 17.2 Å². The van der Waals surface area contributed by atoms with E-state index >= 15 is 0 Å². The first kappa shape index (κ1) is 25.8. The van der Waals surface area contributed by atoms with Gasteiger partial charge in [0, 0.05) is 6.54 Å². The maximum absolute atomic E-state index is 12.6. The first-order chi connectivity index (χ1) is 16.5. The highest BCUT2D eigenvalue weighted by atomic mass is 32.2. The monoisotopic (exact) mass is 499 g/mol. The van der Waals surface area contributed by atoms with Gasteiger partial charge in [0.2, 0.25) is 0 Å². The largest absolute Gasteiger partial charge is 0.491 e. The zero-order chi connectivity index (χ0) is 24.3. The van der Waals surface area contributed by atoms with Crippen molar-refractivity contribution < 1.29 is 23.7 Å². The van der Waals surface area contributed by atoms with Crippen LogP contribution in [0.15, 0.2) is 60.0 Å². The average Bonchev–Trinajstić information content (AvgIpc) is 3.08. The summed E-state index contributed by atoms with van der Waals surface area (Å²) in [6.45, 7) is 10.3. The number of benzene rings is 2. The summed E-state index contributed by atoms with van der Waals surface area (Å²) in [6.07, 6.45) is 3.47. The Morgan fingerprint density at radius 1 is 1.00 bits per heavy atom. The van der Waals surface area contributed by atoms with Gasteiger partial charge in [-0.15, -0.1) is 6.58 Å². The van der Waals surface area contributed by atoms with Crippen LogP contribution >= 0.6 is 24.0 Å². The van der Waals surface area contributed by atoms with Crippen molar-refractivity contribution in [2.45, 2.75) is 13.8 Å². The molecular weight excluding hydrogens is 470 g/mol. The van der Waals surface area contributed by atoms with Crippen LogP contribution < -0.4 is 14.2 Å². The molecule has 8 heteroatoms. The molecule has 2 aromatic rings. The molecule has 0 radical (unpaired) electrons. The summed E-state index contributed by atoms with van der Waals surface area (Å²) in [5, 5.41) is 0. The van der Waals surface area contributed by atoms with E-state index in [1.165, 1.54) is 22.2 Å². The first-order valence-electron chi connectivity index (χ1n) is 11.0. The van der Waals surface area contributed by atoms with Crippen LogP contribution in [0.3, 0.4) is 0 Å². The van der Waals surface area contributed by atoms with Crippen LogP contribution in [0.4, 0.5) is 0 Å². The summed E-state index contributed by atoms with van der Waals surface area (Å²) in [5.74, 6) is 1.95. The van der Waals surface area contributed by atoms with Gasteiger partial charge in [0.15, 0.2) is 11.5 Å². The lowest BCUT2D eigenvalue weighted by Gasteiger charge is -2.13. The molecule has 6 nitrogen and oxygen atoms in total. The number of carbonyl (C=O) groups is 1. The number of carbonyl (C=O) groups excluding carboxylic acids is 1. The molecule has 1 aliphatic rings. The molecule has 180 valence electrons. The van der Waals surface area contributed by atoms with Crippen LogP contribution in [0.5, 0.6) is 17.2 Å². The predicted molar refractivity (Wildman–Crippen MR) is 141 cm³/mol. The zero-order valence-corrected chi connectivity index (χ0v) is 21.1. The minimum absolute atomic E-state index is 0.114. The highest BCUT2D eigenvalue weighted by Crippen LogP contribution is 2.34. The fraction of sp³-hybridized carbons (Fsp3) is 0.308. The van der Waals surface area contributed by atoms with Crippen molar-refractivity contribution in [1.29, 1.82) is 0 Å². The summed E-state index contributed by atoms with van der Waals surface area (Å²) in [5.41, 5.74) is 2.03. The fourth-order valence-electron chi connectivity index (χ4n) is 3.11. The standard InChI is InChI=1S/C26H29NO5S2/c1-4-12-27-25(28)24(34-26(27)33)18-20-8-11-22(23(17-20)30-5-2)32-16-14-29-13-15-31-21-9-6-19(3)7-10-21/h4,6-11,17-18H,1,5,12-16H2,2-3H3. The summed E-state index contributed by atoms with van der Waals surface area (Å²) in [7, 11) is 0. The van der Waals surface area contributed by atoms with E-state index in [4.69, 9.17) is 31.2 Å². The minimum atomic E-state index is -0.114. The molecule has 0 saturated carbocycles. The molecule has 1 aliphatic heterocycles. The van der Waals surface area contributed by atoms with Gasteiger partial charge in [-0.05, 0) is 49.8 Å². The molecule has 1 heterocycles. The molecule has 1 fully saturated rings. The molecule has 0 N–H and O–H groups in total. The van der Waals surface area contributed by atoms with Crippen molar-refractivity contribution in [3.63, 3.8) is 0 Å². The maximum Gasteiger partial charge on any atom is 0.266 e. The molecule has 0 aliphatic carbocycles. The highest BCUT2D eigenvalue weighted by molar-refractivity contribution is 8.26. The van der Waals surface area contributed by atoms with Gasteiger partial charge in [-0.3, -0.25) is 9.69 Å². The molecule has 0 bridgehead atoms. The smallest absolute Gasteiger partial charge is 0.266 e. The van der Waals surface area contributed by atoms with E-state index in [2.05, 4.69) is 6.58 Å². The number of thiocarbonyl (C=S) groups is 1. The van der Waals surface area contributed by atoms with Crippen LogP contribution in [-0.4, -0.2) is 54.7 Å². The number of aryl methyl sites for hydroxylation is 1. The summed E-state index contributed by atoms with van der Waals surface area (Å²) < 4.78 is 23.4. The number of ether oxygens (including phenoxy) is 4. The average molecular weight is 500 g/mol. The Balaban J connectivity index is 1.49. The van der Waals surface area contributed by atoms with Crippen molar-refractivity contribution >= 4 is 40.3 Å². The van der Waals surface area contributed by atoms with E-state index in [1.54, 1.807) is 6.08 Å². The van der Waals surface area contributed by atoms with Gasteiger partial charge >= 0.3 is 0 Å². The Hall–Kier alpha value is -2.81. The fourth-order valence-corrected chi connectivity index (χ4v) is 4.38. The lowest BCUT2D eigenvalue weighted by Crippen LogP contribution is -2.27. The van der Waals surface area contributed by atoms with Gasteiger partial charge < -0.3 is 18.9 Å². The van der Waals surface area contributed by atoms with E-state index in [1.807, 2.05) is 62.4 Å². The van der Waals surface area contributed by atoms with Crippen LogP contribution in [0.1, 0.15) is 18.1 Å². The van der Waals surface area contributed by atoms with Crippen LogP contribution in [0.25, 0.3) is 6.08 Å². The van der Waals surface area contributed by atoms with E-state index in [0.29, 0.717) is 60.3 Å². The van der Waals surface area contributed by atoms with Gasteiger partial charge in [-0.1, -0.05) is 53.8 Å². The molecule has 34 heavy (non-hydrogen) atoms.